The van der Waals surface area contributed by atoms with Gasteiger partial charge in [0.05, 0.1) is 0 Å². The minimum Gasteiger partial charge on any atom is -0.309 e. The van der Waals surface area contributed by atoms with Gasteiger partial charge in [0, 0.05) is 24.0 Å². The summed E-state index contributed by atoms with van der Waals surface area (Å²) in [5.41, 5.74) is 1.68. The van der Waals surface area contributed by atoms with Gasteiger partial charge >= 0.3 is 0 Å². The molecule has 6 unspecified atom stereocenters. The maximum absolute atomic E-state index is 11.9. The van der Waals surface area contributed by atoms with E-state index in [1.54, 1.807) is 0 Å². The first kappa shape index (κ1) is 14.0. The lowest BCUT2D eigenvalue weighted by Crippen LogP contribution is -2.53. The molecule has 1 N–H and O–H groups in total. The fourth-order valence-corrected chi connectivity index (χ4v) is 6.86. The van der Waals surface area contributed by atoms with Crippen molar-refractivity contribution in [1.82, 2.24) is 0 Å². The van der Waals surface area contributed by atoms with Gasteiger partial charge in [-0.25, -0.2) is 0 Å². The molecular formula is C19H29NO. The van der Waals surface area contributed by atoms with E-state index >= 15 is 0 Å². The van der Waals surface area contributed by atoms with Crippen molar-refractivity contribution < 1.29 is 4.79 Å². The van der Waals surface area contributed by atoms with E-state index in [9.17, 15) is 4.79 Å². The third-order valence-corrected chi connectivity index (χ3v) is 8.27. The highest BCUT2D eigenvalue weighted by atomic mass is 16.1. The molecule has 2 nitrogen and oxygen atoms in total. The molecule has 0 radical (unpaired) electrons. The second-order valence-electron chi connectivity index (χ2n) is 8.87. The number of hydrogen-bond donors (Lipinski definition) is 1. The van der Waals surface area contributed by atoms with Gasteiger partial charge in [0.15, 0.2) is 0 Å². The Morgan fingerprint density at radius 3 is 2.62 bits per heavy atom. The normalized spacial score (nSPS) is 53.0. The van der Waals surface area contributed by atoms with E-state index in [-0.39, 0.29) is 5.41 Å². The molecule has 0 spiro atoms. The van der Waals surface area contributed by atoms with Gasteiger partial charge in [-0.15, -0.1) is 0 Å². The van der Waals surface area contributed by atoms with Crippen LogP contribution in [0.3, 0.4) is 0 Å². The maximum atomic E-state index is 11.9. The Bertz CT molecular complexity index is 498. The number of hydrogen-bond acceptors (Lipinski definition) is 2. The Kier molecular flexibility index (Phi) is 2.94. The lowest BCUT2D eigenvalue weighted by molar-refractivity contribution is -0.136. The molecule has 0 heterocycles. The monoisotopic (exact) mass is 287 g/mol. The highest BCUT2D eigenvalue weighted by Crippen LogP contribution is 2.65. The van der Waals surface area contributed by atoms with Crippen LogP contribution in [-0.4, -0.2) is 11.5 Å². The van der Waals surface area contributed by atoms with Gasteiger partial charge < -0.3 is 5.41 Å². The first-order valence-electron chi connectivity index (χ1n) is 9.05. The van der Waals surface area contributed by atoms with E-state index in [1.165, 1.54) is 32.1 Å². The van der Waals surface area contributed by atoms with Gasteiger partial charge in [0.1, 0.15) is 5.78 Å². The van der Waals surface area contributed by atoms with Gasteiger partial charge in [0.2, 0.25) is 0 Å². The number of Topliss-reactive ketones (excluding diaryl/α,β-unsaturated/α-hetero) is 1. The summed E-state index contributed by atoms with van der Waals surface area (Å²) in [6.45, 7) is 4.88. The number of rotatable bonds is 0. The number of ketones is 1. The second-order valence-corrected chi connectivity index (χ2v) is 8.87. The van der Waals surface area contributed by atoms with Crippen LogP contribution in [-0.2, 0) is 4.79 Å². The van der Waals surface area contributed by atoms with Gasteiger partial charge in [-0.05, 0) is 74.0 Å². The zero-order valence-electron chi connectivity index (χ0n) is 13.6. The highest BCUT2D eigenvalue weighted by Gasteiger charge is 2.59. The molecule has 0 bridgehead atoms. The molecule has 21 heavy (non-hydrogen) atoms. The third kappa shape index (κ3) is 1.77. The van der Waals surface area contributed by atoms with E-state index in [4.69, 9.17) is 5.41 Å². The highest BCUT2D eigenvalue weighted by molar-refractivity contribution is 5.89. The minimum atomic E-state index is 0.217. The average Bonchev–Trinajstić information content (AvgIpc) is 2.76. The fourth-order valence-electron chi connectivity index (χ4n) is 6.86. The smallest absolute Gasteiger partial charge is 0.133 e. The summed E-state index contributed by atoms with van der Waals surface area (Å²) in [6, 6.07) is 0. The van der Waals surface area contributed by atoms with E-state index in [2.05, 4.69) is 13.8 Å². The maximum Gasteiger partial charge on any atom is 0.133 e. The van der Waals surface area contributed by atoms with Crippen LogP contribution in [0.5, 0.6) is 0 Å². The van der Waals surface area contributed by atoms with E-state index < -0.39 is 0 Å². The molecular weight excluding hydrogens is 258 g/mol. The first-order chi connectivity index (χ1) is 9.95. The number of carbonyl (C=O) groups excluding carboxylic acids is 1. The van der Waals surface area contributed by atoms with Gasteiger partial charge in [-0.3, -0.25) is 4.79 Å². The molecule has 0 aromatic rings. The molecule has 0 aliphatic heterocycles. The molecule has 4 aliphatic rings. The van der Waals surface area contributed by atoms with Crippen molar-refractivity contribution in [3.63, 3.8) is 0 Å². The van der Waals surface area contributed by atoms with Crippen LogP contribution < -0.4 is 0 Å². The van der Waals surface area contributed by atoms with Gasteiger partial charge in [0.25, 0.3) is 0 Å². The van der Waals surface area contributed by atoms with Crippen molar-refractivity contribution in [2.45, 2.75) is 71.6 Å². The summed E-state index contributed by atoms with van der Waals surface area (Å²) in [7, 11) is 0. The average molecular weight is 287 g/mol. The van der Waals surface area contributed by atoms with Gasteiger partial charge in [-0.1, -0.05) is 13.8 Å². The van der Waals surface area contributed by atoms with Crippen LogP contribution in [0, 0.1) is 39.9 Å². The molecule has 0 aromatic heterocycles. The van der Waals surface area contributed by atoms with Gasteiger partial charge in [-0.2, -0.15) is 0 Å². The standard InChI is InChI=1S/C19H29NO/c1-18-9-7-13(21)11-12(18)3-4-14-15-5-6-17(20)19(15,2)10-8-16(14)18/h12,14-16,20H,3-11H2,1-2H3. The van der Waals surface area contributed by atoms with Crippen LogP contribution >= 0.6 is 0 Å². The van der Waals surface area contributed by atoms with Crippen molar-refractivity contribution in [3.8, 4) is 0 Å². The van der Waals surface area contributed by atoms with Crippen molar-refractivity contribution in [3.05, 3.63) is 0 Å². The topological polar surface area (TPSA) is 40.9 Å². The van der Waals surface area contributed by atoms with Crippen molar-refractivity contribution in [2.75, 3.05) is 0 Å². The number of nitrogens with one attached hydrogen (secondary N) is 1. The molecule has 4 fully saturated rings. The lowest BCUT2D eigenvalue weighted by atomic mass is 9.45. The molecule has 0 aromatic carbocycles. The zero-order chi connectivity index (χ0) is 14.8. The predicted molar refractivity (Wildman–Crippen MR) is 84.5 cm³/mol. The van der Waals surface area contributed by atoms with Crippen molar-refractivity contribution >= 4 is 11.5 Å². The van der Waals surface area contributed by atoms with Crippen LogP contribution in [0.2, 0.25) is 0 Å². The summed E-state index contributed by atoms with van der Waals surface area (Å²) >= 11 is 0. The summed E-state index contributed by atoms with van der Waals surface area (Å²) in [6.07, 6.45) is 10.3. The van der Waals surface area contributed by atoms with E-state index in [0.29, 0.717) is 17.1 Å². The molecule has 4 saturated carbocycles. The minimum absolute atomic E-state index is 0.217. The molecule has 6 atom stereocenters. The summed E-state index contributed by atoms with van der Waals surface area (Å²) in [4.78, 5) is 11.9. The zero-order valence-corrected chi connectivity index (χ0v) is 13.6. The largest absolute Gasteiger partial charge is 0.309 e. The Hall–Kier alpha value is -0.660. The molecule has 4 aliphatic carbocycles. The summed E-state index contributed by atoms with van der Waals surface area (Å²) in [5.74, 6) is 3.60. The Morgan fingerprint density at radius 1 is 1.00 bits per heavy atom. The Labute approximate surface area is 128 Å². The van der Waals surface area contributed by atoms with Crippen LogP contribution in [0.1, 0.15) is 71.6 Å². The molecule has 4 rings (SSSR count). The molecule has 0 saturated heterocycles. The fraction of sp³-hybridized carbons (Fsp3) is 0.895. The number of fused-ring (bicyclic) bond motifs is 5. The van der Waals surface area contributed by atoms with Crippen molar-refractivity contribution in [1.29, 1.82) is 5.41 Å². The van der Waals surface area contributed by atoms with E-state index in [1.807, 2.05) is 0 Å². The molecule has 116 valence electrons. The second kappa shape index (κ2) is 4.43. The van der Waals surface area contributed by atoms with Crippen LogP contribution in [0.4, 0.5) is 0 Å². The van der Waals surface area contributed by atoms with Crippen molar-refractivity contribution in [2.24, 2.45) is 34.5 Å². The summed E-state index contributed by atoms with van der Waals surface area (Å²) < 4.78 is 0. The molecule has 2 heteroatoms. The quantitative estimate of drug-likeness (QED) is 0.694. The molecule has 0 amide bonds. The summed E-state index contributed by atoms with van der Waals surface area (Å²) in [5, 5.41) is 8.39. The third-order valence-electron chi connectivity index (χ3n) is 8.27. The SMILES string of the molecule is CC12CCC3C(CCC4CC(=O)CCC43C)C1CCC2=N. The Balaban J connectivity index is 1.65. The first-order valence-corrected chi connectivity index (χ1v) is 9.05. The number of carbonyl (C=O) groups is 1. The Morgan fingerprint density at radius 2 is 1.81 bits per heavy atom. The van der Waals surface area contributed by atoms with Crippen LogP contribution in [0.25, 0.3) is 0 Å². The predicted octanol–water partition coefficient (Wildman–Crippen LogP) is 4.62. The lowest BCUT2D eigenvalue weighted by Gasteiger charge is -2.59. The van der Waals surface area contributed by atoms with E-state index in [0.717, 1.165) is 49.1 Å². The van der Waals surface area contributed by atoms with Crippen LogP contribution in [0.15, 0.2) is 0 Å².